The zero-order chi connectivity index (χ0) is 11.1. The van der Waals surface area contributed by atoms with Gasteiger partial charge in [-0.2, -0.15) is 8.78 Å². The lowest BCUT2D eigenvalue weighted by Crippen LogP contribution is -2.16. The van der Waals surface area contributed by atoms with Crippen molar-refractivity contribution < 1.29 is 23.0 Å². The van der Waals surface area contributed by atoms with Gasteiger partial charge in [0, 0.05) is 5.56 Å². The molecule has 0 aromatic heterocycles. The number of carbonyl (C=O) groups excluding carboxylic acids is 1. The number of rotatable bonds is 2. The zero-order valence-electron chi connectivity index (χ0n) is 7.92. The predicted octanol–water partition coefficient (Wildman–Crippen LogP) is 2.01. The Balaban J connectivity index is 2.54. The number of alkyl halides is 2. The van der Waals surface area contributed by atoms with E-state index >= 15 is 0 Å². The number of halogens is 2. The van der Waals surface area contributed by atoms with Crippen LogP contribution in [0.3, 0.4) is 0 Å². The Kier molecular flexibility index (Phi) is 2.10. The van der Waals surface area contributed by atoms with E-state index < -0.39 is 5.92 Å². The third-order valence-corrected chi connectivity index (χ3v) is 2.23. The summed E-state index contributed by atoms with van der Waals surface area (Å²) in [5, 5.41) is 0. The molecule has 80 valence electrons. The molecule has 0 fully saturated rings. The van der Waals surface area contributed by atoms with Gasteiger partial charge in [-0.3, -0.25) is 4.79 Å². The molecule has 0 N–H and O–H groups in total. The van der Waals surface area contributed by atoms with Crippen molar-refractivity contribution in [3.63, 3.8) is 0 Å². The third kappa shape index (κ3) is 1.54. The lowest BCUT2D eigenvalue weighted by molar-refractivity contribution is -0.130. The summed E-state index contributed by atoms with van der Waals surface area (Å²) < 4.78 is 36.3. The van der Waals surface area contributed by atoms with Crippen LogP contribution in [0.4, 0.5) is 8.78 Å². The van der Waals surface area contributed by atoms with E-state index in [1.807, 2.05) is 0 Å². The molecule has 0 saturated carbocycles. The Labute approximate surface area is 84.6 Å². The lowest BCUT2D eigenvalue weighted by atomic mass is 10.0. The molecule has 1 aromatic carbocycles. The maximum atomic E-state index is 13.1. The number of ether oxygens (including phenoxy) is 2. The van der Waals surface area contributed by atoms with Crippen LogP contribution in [0.2, 0.25) is 0 Å². The summed E-state index contributed by atoms with van der Waals surface area (Å²) in [5.41, 5.74) is -0.0434. The van der Waals surface area contributed by atoms with E-state index in [-0.39, 0.29) is 24.4 Å². The first kappa shape index (κ1) is 9.89. The third-order valence-electron chi connectivity index (χ3n) is 2.23. The summed E-state index contributed by atoms with van der Waals surface area (Å²) in [7, 11) is 0. The maximum absolute atomic E-state index is 13.1. The summed E-state index contributed by atoms with van der Waals surface area (Å²) in [5.74, 6) is -2.81. The summed E-state index contributed by atoms with van der Waals surface area (Å²) in [6.07, 6.45) is -0.377. The molecule has 0 radical (unpaired) electrons. The molecule has 5 heteroatoms. The Morgan fingerprint density at radius 1 is 1.33 bits per heavy atom. The number of aldehydes is 1. The molecule has 1 aliphatic heterocycles. The van der Waals surface area contributed by atoms with E-state index in [1.165, 1.54) is 13.0 Å². The number of benzene rings is 1. The van der Waals surface area contributed by atoms with Crippen LogP contribution < -0.4 is 9.47 Å². The molecular weight excluding hydrogens is 206 g/mol. The highest BCUT2D eigenvalue weighted by atomic mass is 19.3. The molecule has 0 aliphatic carbocycles. The summed E-state index contributed by atoms with van der Waals surface area (Å²) in [6.45, 7) is 1.51. The van der Waals surface area contributed by atoms with Gasteiger partial charge in [0.25, 0.3) is 0 Å². The SMILES string of the molecule is Cc1cc2c(cc1C(F)(F)C=O)OCO2. The van der Waals surface area contributed by atoms with E-state index in [1.54, 1.807) is 0 Å². The van der Waals surface area contributed by atoms with Crippen LogP contribution >= 0.6 is 0 Å². The van der Waals surface area contributed by atoms with Crippen LogP contribution in [-0.2, 0) is 10.7 Å². The van der Waals surface area contributed by atoms with Crippen molar-refractivity contribution in [1.29, 1.82) is 0 Å². The fraction of sp³-hybridized carbons (Fsp3) is 0.300. The summed E-state index contributed by atoms with van der Waals surface area (Å²) in [6, 6.07) is 2.58. The van der Waals surface area contributed by atoms with Gasteiger partial charge in [0.15, 0.2) is 17.8 Å². The van der Waals surface area contributed by atoms with E-state index in [9.17, 15) is 13.6 Å². The number of aryl methyl sites for hydroxylation is 1. The van der Waals surface area contributed by atoms with Gasteiger partial charge in [-0.25, -0.2) is 0 Å². The van der Waals surface area contributed by atoms with Crippen LogP contribution in [0.25, 0.3) is 0 Å². The highest BCUT2D eigenvalue weighted by molar-refractivity contribution is 5.66. The number of fused-ring (bicyclic) bond motifs is 1. The lowest BCUT2D eigenvalue weighted by Gasteiger charge is -2.12. The van der Waals surface area contributed by atoms with Crippen molar-refractivity contribution in [2.75, 3.05) is 6.79 Å². The molecule has 1 aliphatic rings. The Morgan fingerprint density at radius 2 is 1.93 bits per heavy atom. The molecule has 0 saturated heterocycles. The highest BCUT2D eigenvalue weighted by Gasteiger charge is 2.34. The van der Waals surface area contributed by atoms with Gasteiger partial charge in [0.2, 0.25) is 6.79 Å². The van der Waals surface area contributed by atoms with Crippen LogP contribution in [0.15, 0.2) is 12.1 Å². The van der Waals surface area contributed by atoms with Gasteiger partial charge in [0.05, 0.1) is 0 Å². The second-order valence-electron chi connectivity index (χ2n) is 3.26. The summed E-state index contributed by atoms with van der Waals surface area (Å²) >= 11 is 0. The maximum Gasteiger partial charge on any atom is 0.327 e. The molecular formula is C10H8F2O3. The van der Waals surface area contributed by atoms with Gasteiger partial charge in [-0.1, -0.05) is 0 Å². The second-order valence-corrected chi connectivity index (χ2v) is 3.26. The van der Waals surface area contributed by atoms with Crippen molar-refractivity contribution in [1.82, 2.24) is 0 Å². The highest BCUT2D eigenvalue weighted by Crippen LogP contribution is 2.39. The molecule has 0 atom stereocenters. The van der Waals surface area contributed by atoms with Gasteiger partial charge in [-0.05, 0) is 24.6 Å². The summed E-state index contributed by atoms with van der Waals surface area (Å²) in [4.78, 5) is 10.3. The predicted molar refractivity (Wildman–Crippen MR) is 47.3 cm³/mol. The van der Waals surface area contributed by atoms with Crippen LogP contribution in [-0.4, -0.2) is 13.1 Å². The van der Waals surface area contributed by atoms with Crippen LogP contribution in [0.5, 0.6) is 11.5 Å². The molecule has 1 heterocycles. The van der Waals surface area contributed by atoms with Crippen molar-refractivity contribution in [2.24, 2.45) is 0 Å². The average Bonchev–Trinajstić information content (AvgIpc) is 2.63. The monoisotopic (exact) mass is 214 g/mol. The van der Waals surface area contributed by atoms with E-state index in [0.717, 1.165) is 6.07 Å². The molecule has 0 amide bonds. The molecule has 0 spiro atoms. The normalized spacial score (nSPS) is 14.1. The molecule has 15 heavy (non-hydrogen) atoms. The quantitative estimate of drug-likeness (QED) is 0.706. The van der Waals surface area contributed by atoms with E-state index in [0.29, 0.717) is 11.3 Å². The molecule has 3 nitrogen and oxygen atoms in total. The smallest absolute Gasteiger partial charge is 0.327 e. The number of hydrogen-bond acceptors (Lipinski definition) is 3. The zero-order valence-corrected chi connectivity index (χ0v) is 7.92. The largest absolute Gasteiger partial charge is 0.454 e. The van der Waals surface area contributed by atoms with Gasteiger partial charge in [-0.15, -0.1) is 0 Å². The first-order chi connectivity index (χ1) is 7.04. The first-order valence-electron chi connectivity index (χ1n) is 4.29. The second kappa shape index (κ2) is 3.18. The van der Waals surface area contributed by atoms with E-state index in [4.69, 9.17) is 9.47 Å². The van der Waals surface area contributed by atoms with Gasteiger partial charge < -0.3 is 9.47 Å². The van der Waals surface area contributed by atoms with Crippen LogP contribution in [0.1, 0.15) is 11.1 Å². The minimum atomic E-state index is -3.48. The standard InChI is InChI=1S/C10H8F2O3/c1-6-2-8-9(15-5-14-8)3-7(6)10(11,12)4-13/h2-4H,5H2,1H3. The minimum Gasteiger partial charge on any atom is -0.454 e. The van der Waals surface area contributed by atoms with Gasteiger partial charge >= 0.3 is 5.92 Å². The van der Waals surface area contributed by atoms with E-state index in [2.05, 4.69) is 0 Å². The topological polar surface area (TPSA) is 35.5 Å². The first-order valence-corrected chi connectivity index (χ1v) is 4.29. The molecule has 0 bridgehead atoms. The van der Waals surface area contributed by atoms with Crippen molar-refractivity contribution in [3.8, 4) is 11.5 Å². The number of carbonyl (C=O) groups is 1. The van der Waals surface area contributed by atoms with Gasteiger partial charge in [0.1, 0.15) is 0 Å². The van der Waals surface area contributed by atoms with Crippen LogP contribution in [0, 0.1) is 6.92 Å². The molecule has 0 unspecified atom stereocenters. The average molecular weight is 214 g/mol. The Hall–Kier alpha value is -1.65. The molecule has 1 aromatic rings. The Morgan fingerprint density at radius 3 is 2.53 bits per heavy atom. The Bertz CT molecular complexity index is 415. The minimum absolute atomic E-state index is 0.0187. The van der Waals surface area contributed by atoms with Crippen molar-refractivity contribution in [2.45, 2.75) is 12.8 Å². The fourth-order valence-electron chi connectivity index (χ4n) is 1.47. The fourth-order valence-corrected chi connectivity index (χ4v) is 1.47. The number of hydrogen-bond donors (Lipinski definition) is 0. The molecule has 2 rings (SSSR count). The van der Waals surface area contributed by atoms with Crippen molar-refractivity contribution >= 4 is 6.29 Å². The van der Waals surface area contributed by atoms with Crippen molar-refractivity contribution in [3.05, 3.63) is 23.3 Å².